The summed E-state index contributed by atoms with van der Waals surface area (Å²) in [5.74, 6) is 1.09. The van der Waals surface area contributed by atoms with Gasteiger partial charge in [0.2, 0.25) is 0 Å². The predicted octanol–water partition coefficient (Wildman–Crippen LogP) is 1.98. The molecule has 0 aliphatic rings. The maximum Gasteiger partial charge on any atom is 0.191 e. The van der Waals surface area contributed by atoms with E-state index in [1.807, 2.05) is 6.92 Å². The lowest BCUT2D eigenvalue weighted by atomic mass is 10.2. The molecule has 0 aromatic rings. The van der Waals surface area contributed by atoms with Crippen molar-refractivity contribution in [3.63, 3.8) is 0 Å². The Morgan fingerprint density at radius 2 is 1.94 bits per heavy atom. The third kappa shape index (κ3) is 12.2. The average molecular weight is 357 g/mol. The van der Waals surface area contributed by atoms with Crippen molar-refractivity contribution in [1.29, 1.82) is 0 Å². The summed E-state index contributed by atoms with van der Waals surface area (Å²) < 4.78 is 0. The molecule has 0 saturated heterocycles. The summed E-state index contributed by atoms with van der Waals surface area (Å²) in [6.07, 6.45) is 3.66. The SMILES string of the molecule is CCCCCNC(=NCC(C)CO)NCC.I. The van der Waals surface area contributed by atoms with E-state index in [4.69, 9.17) is 5.11 Å². The number of aliphatic hydroxyl groups is 1. The Morgan fingerprint density at radius 1 is 1.24 bits per heavy atom. The molecule has 0 radical (unpaired) electrons. The van der Waals surface area contributed by atoms with Gasteiger partial charge in [0.1, 0.15) is 0 Å². The van der Waals surface area contributed by atoms with E-state index in [2.05, 4.69) is 29.5 Å². The Labute approximate surface area is 123 Å². The van der Waals surface area contributed by atoms with Gasteiger partial charge in [-0.1, -0.05) is 26.7 Å². The molecule has 0 rings (SSSR count). The fraction of sp³-hybridized carbons (Fsp3) is 0.917. The molecule has 0 aromatic carbocycles. The quantitative estimate of drug-likeness (QED) is 0.270. The van der Waals surface area contributed by atoms with Crippen LogP contribution in [0.4, 0.5) is 0 Å². The first kappa shape index (κ1) is 19.3. The molecule has 0 saturated carbocycles. The minimum Gasteiger partial charge on any atom is -0.396 e. The third-order valence-electron chi connectivity index (χ3n) is 2.29. The highest BCUT2D eigenvalue weighted by molar-refractivity contribution is 14.0. The topological polar surface area (TPSA) is 56.7 Å². The average Bonchev–Trinajstić information content (AvgIpc) is 2.30. The van der Waals surface area contributed by atoms with E-state index < -0.39 is 0 Å². The minimum absolute atomic E-state index is 0. The van der Waals surface area contributed by atoms with Crippen LogP contribution in [0.2, 0.25) is 0 Å². The van der Waals surface area contributed by atoms with Gasteiger partial charge < -0.3 is 15.7 Å². The third-order valence-corrected chi connectivity index (χ3v) is 2.29. The molecule has 0 bridgehead atoms. The van der Waals surface area contributed by atoms with Crippen molar-refractivity contribution in [3.8, 4) is 0 Å². The summed E-state index contributed by atoms with van der Waals surface area (Å²) in [7, 11) is 0. The van der Waals surface area contributed by atoms with Crippen molar-refractivity contribution in [2.24, 2.45) is 10.9 Å². The van der Waals surface area contributed by atoms with Crippen LogP contribution in [0.25, 0.3) is 0 Å². The molecule has 4 nitrogen and oxygen atoms in total. The van der Waals surface area contributed by atoms with Gasteiger partial charge in [0, 0.05) is 26.2 Å². The Hall–Kier alpha value is -0.0400. The lowest BCUT2D eigenvalue weighted by molar-refractivity contribution is 0.241. The summed E-state index contributed by atoms with van der Waals surface area (Å²) >= 11 is 0. The van der Waals surface area contributed by atoms with Crippen molar-refractivity contribution in [2.45, 2.75) is 40.0 Å². The van der Waals surface area contributed by atoms with E-state index in [-0.39, 0.29) is 36.5 Å². The van der Waals surface area contributed by atoms with Crippen LogP contribution < -0.4 is 10.6 Å². The highest BCUT2D eigenvalue weighted by atomic mass is 127. The second kappa shape index (κ2) is 14.0. The molecule has 0 spiro atoms. The number of nitrogens with zero attached hydrogens (tertiary/aromatic N) is 1. The summed E-state index contributed by atoms with van der Waals surface area (Å²) in [5, 5.41) is 15.4. The van der Waals surface area contributed by atoms with Crippen molar-refractivity contribution >= 4 is 29.9 Å². The van der Waals surface area contributed by atoms with Gasteiger partial charge in [-0.3, -0.25) is 4.99 Å². The molecular weight excluding hydrogens is 329 g/mol. The number of guanidine groups is 1. The zero-order valence-electron chi connectivity index (χ0n) is 11.3. The van der Waals surface area contributed by atoms with E-state index in [1.54, 1.807) is 0 Å². The number of hydrogen-bond donors (Lipinski definition) is 3. The minimum atomic E-state index is 0. The van der Waals surface area contributed by atoms with Crippen molar-refractivity contribution in [2.75, 3.05) is 26.2 Å². The van der Waals surface area contributed by atoms with Gasteiger partial charge in [-0.25, -0.2) is 0 Å². The maximum absolute atomic E-state index is 8.91. The number of halogens is 1. The lowest BCUT2D eigenvalue weighted by Gasteiger charge is -2.12. The molecule has 104 valence electrons. The Balaban J connectivity index is 0. The zero-order valence-corrected chi connectivity index (χ0v) is 13.7. The van der Waals surface area contributed by atoms with E-state index in [9.17, 15) is 0 Å². The first-order chi connectivity index (χ1) is 7.74. The largest absolute Gasteiger partial charge is 0.396 e. The maximum atomic E-state index is 8.91. The second-order valence-corrected chi connectivity index (χ2v) is 4.14. The molecule has 17 heavy (non-hydrogen) atoms. The first-order valence-corrected chi connectivity index (χ1v) is 6.37. The van der Waals surface area contributed by atoms with E-state index in [0.29, 0.717) is 6.54 Å². The number of rotatable bonds is 8. The highest BCUT2D eigenvalue weighted by Gasteiger charge is 2.00. The van der Waals surface area contributed by atoms with Gasteiger partial charge in [-0.15, -0.1) is 24.0 Å². The molecule has 3 N–H and O–H groups in total. The van der Waals surface area contributed by atoms with Crippen molar-refractivity contribution in [1.82, 2.24) is 10.6 Å². The second-order valence-electron chi connectivity index (χ2n) is 4.14. The molecule has 1 unspecified atom stereocenters. The molecular formula is C12H28IN3O. The zero-order chi connectivity index (χ0) is 12.2. The summed E-state index contributed by atoms with van der Waals surface area (Å²) in [5.41, 5.74) is 0. The molecule has 0 fully saturated rings. The fourth-order valence-electron chi connectivity index (χ4n) is 1.23. The standard InChI is InChI=1S/C12H27N3O.HI/c1-4-6-7-8-14-12(13-5-2)15-9-11(3)10-16;/h11,16H,4-10H2,1-3H3,(H2,13,14,15);1H. The van der Waals surface area contributed by atoms with Crippen LogP contribution in [0.3, 0.4) is 0 Å². The number of unbranched alkanes of at least 4 members (excludes halogenated alkanes) is 2. The van der Waals surface area contributed by atoms with Crippen LogP contribution >= 0.6 is 24.0 Å². The Bertz CT molecular complexity index is 189. The molecule has 0 heterocycles. The van der Waals surface area contributed by atoms with Crippen LogP contribution in [0.5, 0.6) is 0 Å². The summed E-state index contributed by atoms with van der Waals surface area (Å²) in [4.78, 5) is 4.42. The molecule has 0 aliphatic carbocycles. The first-order valence-electron chi connectivity index (χ1n) is 6.37. The van der Waals surface area contributed by atoms with Gasteiger partial charge in [0.05, 0.1) is 0 Å². The summed E-state index contributed by atoms with van der Waals surface area (Å²) in [6, 6.07) is 0. The van der Waals surface area contributed by atoms with E-state index in [0.717, 1.165) is 19.0 Å². The molecule has 5 heteroatoms. The number of hydrogen-bond acceptors (Lipinski definition) is 2. The van der Waals surface area contributed by atoms with E-state index in [1.165, 1.54) is 19.3 Å². The van der Waals surface area contributed by atoms with Crippen LogP contribution in [-0.4, -0.2) is 37.3 Å². The normalized spacial score (nSPS) is 12.8. The van der Waals surface area contributed by atoms with Crippen LogP contribution in [0.1, 0.15) is 40.0 Å². The smallest absolute Gasteiger partial charge is 0.191 e. The number of aliphatic imine (C=N–C) groups is 1. The molecule has 0 aromatic heterocycles. The van der Waals surface area contributed by atoms with Gasteiger partial charge >= 0.3 is 0 Å². The van der Waals surface area contributed by atoms with Gasteiger partial charge in [-0.05, 0) is 19.3 Å². The highest BCUT2D eigenvalue weighted by Crippen LogP contribution is 1.93. The molecule has 1 atom stereocenters. The molecule has 0 amide bonds. The van der Waals surface area contributed by atoms with Gasteiger partial charge in [0.25, 0.3) is 0 Å². The van der Waals surface area contributed by atoms with Crippen LogP contribution in [0.15, 0.2) is 4.99 Å². The van der Waals surface area contributed by atoms with Gasteiger partial charge in [-0.2, -0.15) is 0 Å². The number of aliphatic hydroxyl groups excluding tert-OH is 1. The van der Waals surface area contributed by atoms with Crippen molar-refractivity contribution < 1.29 is 5.11 Å². The predicted molar refractivity (Wildman–Crippen MR) is 85.2 cm³/mol. The summed E-state index contributed by atoms with van der Waals surface area (Å²) in [6.45, 7) is 8.93. The Morgan fingerprint density at radius 3 is 2.47 bits per heavy atom. The number of nitrogens with one attached hydrogen (secondary N) is 2. The Kier molecular flexibility index (Phi) is 15.9. The van der Waals surface area contributed by atoms with Crippen LogP contribution in [-0.2, 0) is 0 Å². The lowest BCUT2D eigenvalue weighted by Crippen LogP contribution is -2.38. The van der Waals surface area contributed by atoms with Crippen LogP contribution in [0, 0.1) is 5.92 Å². The fourth-order valence-corrected chi connectivity index (χ4v) is 1.23. The molecule has 0 aliphatic heterocycles. The monoisotopic (exact) mass is 357 g/mol. The van der Waals surface area contributed by atoms with E-state index >= 15 is 0 Å². The van der Waals surface area contributed by atoms with Crippen molar-refractivity contribution in [3.05, 3.63) is 0 Å². The van der Waals surface area contributed by atoms with Gasteiger partial charge in [0.15, 0.2) is 5.96 Å².